The first-order chi connectivity index (χ1) is 29.0. The van der Waals surface area contributed by atoms with Gasteiger partial charge in [-0.1, -0.05) is 173 Å². The largest absolute Gasteiger partial charge is 0.472 e. The highest BCUT2D eigenvalue weighted by atomic mass is 31.2. The molecule has 9 nitrogen and oxygen atoms in total. The van der Waals surface area contributed by atoms with Gasteiger partial charge in [0.15, 0.2) is 6.10 Å². The number of hydrogen-bond acceptors (Lipinski definition) is 7. The van der Waals surface area contributed by atoms with Gasteiger partial charge < -0.3 is 18.9 Å². The first-order valence-electron chi connectivity index (χ1n) is 21.6. The summed E-state index contributed by atoms with van der Waals surface area (Å²) in [6.45, 7) is 3.98. The Bertz CT molecular complexity index is 1520. The van der Waals surface area contributed by atoms with E-state index in [9.17, 15) is 19.0 Å². The van der Waals surface area contributed by atoms with Crippen molar-refractivity contribution < 1.29 is 42.1 Å². The maximum atomic E-state index is 12.6. The van der Waals surface area contributed by atoms with Crippen molar-refractivity contribution in [3.8, 4) is 0 Å². The minimum Gasteiger partial charge on any atom is -0.461 e. The van der Waals surface area contributed by atoms with Crippen LogP contribution < -0.4 is 0 Å². The molecular weight excluding hydrogens is 774 g/mol. The Hall–Kier alpha value is -4.11. The molecule has 0 aliphatic heterocycles. The predicted octanol–water partition coefficient (Wildman–Crippen LogP) is 12.5. The summed E-state index contributed by atoms with van der Waals surface area (Å²) in [5.74, 6) is -1.12. The number of nitrogens with zero attached hydrogens (tertiary/aromatic N) is 1. The molecule has 0 amide bonds. The Morgan fingerprint density at radius 3 is 1.28 bits per heavy atom. The molecule has 0 aromatic heterocycles. The molecule has 0 saturated carbocycles. The molecule has 2 unspecified atom stereocenters. The quantitative estimate of drug-likeness (QED) is 0.0218. The van der Waals surface area contributed by atoms with Gasteiger partial charge in [0.05, 0.1) is 40.6 Å². The smallest absolute Gasteiger partial charge is 0.461 e. The van der Waals surface area contributed by atoms with Crippen LogP contribution in [0.25, 0.3) is 0 Å². The lowest BCUT2D eigenvalue weighted by molar-refractivity contribution is -0.870. The van der Waals surface area contributed by atoms with Gasteiger partial charge in [0.1, 0.15) is 19.8 Å². The lowest BCUT2D eigenvalue weighted by Gasteiger charge is -2.24. The van der Waals surface area contributed by atoms with Crippen LogP contribution in [0.3, 0.4) is 0 Å². The number of likely N-dealkylation sites (N-methyl/N-ethyl adjacent to an activating group) is 1. The topological polar surface area (TPSA) is 108 Å². The molecular formula is C50H77NO8P+. The molecule has 10 heteroatoms. The van der Waals surface area contributed by atoms with Gasteiger partial charge in [-0.15, -0.1) is 0 Å². The fraction of sp³-hybridized carbons (Fsp3) is 0.480. The minimum atomic E-state index is -4.43. The lowest BCUT2D eigenvalue weighted by Crippen LogP contribution is -2.37. The molecule has 334 valence electrons. The highest BCUT2D eigenvalue weighted by Crippen LogP contribution is 2.43. The highest BCUT2D eigenvalue weighted by molar-refractivity contribution is 7.47. The van der Waals surface area contributed by atoms with Crippen molar-refractivity contribution in [2.75, 3.05) is 47.5 Å². The van der Waals surface area contributed by atoms with Crippen LogP contribution >= 0.6 is 7.82 Å². The number of carbonyl (C=O) groups is 2. The number of allylic oxidation sites excluding steroid dienone is 22. The van der Waals surface area contributed by atoms with Gasteiger partial charge >= 0.3 is 19.8 Å². The third-order valence-electron chi connectivity index (χ3n) is 7.93. The monoisotopic (exact) mass is 851 g/mol. The third kappa shape index (κ3) is 43.5. The van der Waals surface area contributed by atoms with Crippen LogP contribution in [0.15, 0.2) is 146 Å². The maximum Gasteiger partial charge on any atom is 0.472 e. The highest BCUT2D eigenvalue weighted by Gasteiger charge is 2.26. The van der Waals surface area contributed by atoms with E-state index in [2.05, 4.69) is 123 Å². The zero-order chi connectivity index (χ0) is 44.3. The number of phosphoric acid groups is 1. The summed E-state index contributed by atoms with van der Waals surface area (Å²) in [4.78, 5) is 35.2. The Morgan fingerprint density at radius 1 is 0.517 bits per heavy atom. The van der Waals surface area contributed by atoms with E-state index < -0.39 is 32.5 Å². The summed E-state index contributed by atoms with van der Waals surface area (Å²) in [6.07, 6.45) is 59.5. The van der Waals surface area contributed by atoms with Crippen molar-refractivity contribution in [1.82, 2.24) is 0 Å². The molecule has 0 saturated heterocycles. The van der Waals surface area contributed by atoms with Crippen LogP contribution in [0.5, 0.6) is 0 Å². The molecule has 0 fully saturated rings. The number of ether oxygens (including phenoxy) is 2. The molecule has 0 radical (unpaired) electrons. The third-order valence-corrected chi connectivity index (χ3v) is 8.91. The molecule has 1 N–H and O–H groups in total. The summed E-state index contributed by atoms with van der Waals surface area (Å²) < 4.78 is 34.0. The number of quaternary nitrogens is 1. The summed E-state index contributed by atoms with van der Waals surface area (Å²) in [5.41, 5.74) is 0. The number of rotatable bonds is 36. The predicted molar refractivity (Wildman–Crippen MR) is 251 cm³/mol. The van der Waals surface area contributed by atoms with Crippen molar-refractivity contribution in [2.24, 2.45) is 0 Å². The normalized spacial score (nSPS) is 15.0. The summed E-state index contributed by atoms with van der Waals surface area (Å²) in [5, 5.41) is 0. The van der Waals surface area contributed by atoms with Crippen molar-refractivity contribution in [2.45, 2.75) is 110 Å². The van der Waals surface area contributed by atoms with Crippen LogP contribution in [-0.4, -0.2) is 74.9 Å². The number of phosphoric ester groups is 1. The second kappa shape index (κ2) is 40.3. The summed E-state index contributed by atoms with van der Waals surface area (Å²) in [6, 6.07) is 0. The number of esters is 2. The summed E-state index contributed by atoms with van der Waals surface area (Å²) >= 11 is 0. The van der Waals surface area contributed by atoms with Gasteiger partial charge in [-0.2, -0.15) is 0 Å². The minimum absolute atomic E-state index is 0.00882. The van der Waals surface area contributed by atoms with Gasteiger partial charge in [0, 0.05) is 0 Å². The van der Waals surface area contributed by atoms with Crippen LogP contribution in [-0.2, 0) is 32.7 Å². The van der Waals surface area contributed by atoms with E-state index >= 15 is 0 Å². The molecule has 0 aliphatic rings. The number of unbranched alkanes of at least 4 members (excludes halogenated alkanes) is 2. The van der Waals surface area contributed by atoms with Gasteiger partial charge in [-0.3, -0.25) is 18.6 Å². The van der Waals surface area contributed by atoms with E-state index in [0.717, 1.165) is 51.4 Å². The lowest BCUT2D eigenvalue weighted by atomic mass is 10.2. The maximum absolute atomic E-state index is 12.6. The molecule has 0 rings (SSSR count). The van der Waals surface area contributed by atoms with Crippen molar-refractivity contribution in [3.05, 3.63) is 146 Å². The van der Waals surface area contributed by atoms with E-state index in [1.54, 1.807) is 12.2 Å². The number of carbonyl (C=O) groups excluding carboxylic acids is 2. The van der Waals surface area contributed by atoms with Crippen molar-refractivity contribution >= 4 is 19.8 Å². The van der Waals surface area contributed by atoms with Gasteiger partial charge in [-0.05, 0) is 64.2 Å². The Balaban J connectivity index is 4.71. The molecule has 0 aromatic carbocycles. The SMILES string of the molecule is CCC/C=C/C=C/C/C=C/C/C=C/C/C=C\C/C=C/CC(=O)OC(COC(=O)C/C=C/C/C=C/C/C=C/C/C=C/C/C=C/C=C/CCC)COP(=O)(O)OCC[N+](C)(C)C. The fourth-order valence-electron chi connectivity index (χ4n) is 4.57. The van der Waals surface area contributed by atoms with E-state index in [-0.39, 0.29) is 26.1 Å². The van der Waals surface area contributed by atoms with Crippen molar-refractivity contribution in [3.63, 3.8) is 0 Å². The molecule has 0 heterocycles. The molecule has 0 spiro atoms. The van der Waals surface area contributed by atoms with E-state index in [1.807, 2.05) is 45.4 Å². The van der Waals surface area contributed by atoms with E-state index in [1.165, 1.54) is 12.8 Å². The standard InChI is InChI=1S/C50H76NO8P/c1-6-8-10-12-14-16-18-20-22-24-26-28-30-32-34-36-38-40-42-49(52)56-46-48(47-58-60(54,55)57-45-44-51(3,4)5)59-50(53)43-41-39-37-35-33-31-29-27-25-23-21-19-17-15-13-11-9-7-2/h10-17,20-23,26-29,32-35,38-41,48H,6-9,18-19,24-25,30-31,36-37,42-47H2,1-5H3/p+1/b12-10+,13-11+,16-14+,17-15+,22-20+,23-21+,28-26+,29-27+,34-32+,35-33-,40-38+,41-39+. The van der Waals surface area contributed by atoms with Crippen LogP contribution in [0.1, 0.15) is 104 Å². The van der Waals surface area contributed by atoms with Gasteiger partial charge in [0.2, 0.25) is 0 Å². The second-order valence-electron chi connectivity index (χ2n) is 14.8. The molecule has 60 heavy (non-hydrogen) atoms. The Morgan fingerprint density at radius 2 is 0.883 bits per heavy atom. The van der Waals surface area contributed by atoms with Crippen molar-refractivity contribution in [1.29, 1.82) is 0 Å². The average molecular weight is 851 g/mol. The fourth-order valence-corrected chi connectivity index (χ4v) is 5.31. The van der Waals surface area contributed by atoms with Crippen LogP contribution in [0, 0.1) is 0 Å². The molecule has 0 aliphatic carbocycles. The number of hydrogen-bond donors (Lipinski definition) is 1. The molecule has 0 aromatic rings. The molecule has 2 atom stereocenters. The molecule has 0 bridgehead atoms. The zero-order valence-electron chi connectivity index (χ0n) is 37.4. The van der Waals surface area contributed by atoms with Crippen LogP contribution in [0.4, 0.5) is 0 Å². The first-order valence-corrected chi connectivity index (χ1v) is 23.1. The first kappa shape index (κ1) is 55.9. The van der Waals surface area contributed by atoms with E-state index in [0.29, 0.717) is 23.9 Å². The zero-order valence-corrected chi connectivity index (χ0v) is 38.3. The average Bonchev–Trinajstić information content (AvgIpc) is 3.20. The Labute approximate surface area is 363 Å². The Kier molecular flexibility index (Phi) is 37.5. The van der Waals surface area contributed by atoms with E-state index in [4.69, 9.17) is 18.5 Å². The second-order valence-corrected chi connectivity index (χ2v) is 16.2. The van der Waals surface area contributed by atoms with Gasteiger partial charge in [-0.25, -0.2) is 4.57 Å². The van der Waals surface area contributed by atoms with Crippen LogP contribution in [0.2, 0.25) is 0 Å². The van der Waals surface area contributed by atoms with Gasteiger partial charge in [0.25, 0.3) is 0 Å². The summed E-state index contributed by atoms with van der Waals surface area (Å²) in [7, 11) is 1.34.